The van der Waals surface area contributed by atoms with Crippen LogP contribution in [0.25, 0.3) is 0 Å². The molecule has 0 aromatic heterocycles. The third-order valence-corrected chi connectivity index (χ3v) is 2.56. The van der Waals surface area contributed by atoms with Gasteiger partial charge in [-0.3, -0.25) is 0 Å². The molecule has 0 unspecified atom stereocenters. The summed E-state index contributed by atoms with van der Waals surface area (Å²) in [5.41, 5.74) is 0. The predicted molar refractivity (Wildman–Crippen MR) is 54.2 cm³/mol. The molecule has 0 aliphatic carbocycles. The molecule has 0 radical (unpaired) electrons. The van der Waals surface area contributed by atoms with E-state index in [9.17, 15) is 5.11 Å². The fourth-order valence-electron chi connectivity index (χ4n) is 1.81. The molecule has 74 valence electrons. The second-order valence-corrected chi connectivity index (χ2v) is 4.05. The van der Waals surface area contributed by atoms with E-state index >= 15 is 0 Å². The number of aliphatic hydroxyl groups is 1. The number of hydrogen-bond donors (Lipinski definition) is 1. The third kappa shape index (κ3) is 4.10. The zero-order valence-corrected chi connectivity index (χ0v) is 9.01. The average Bonchev–Trinajstić information content (AvgIpc) is 1.99. The summed E-state index contributed by atoms with van der Waals surface area (Å²) in [6, 6.07) is 0. The van der Waals surface area contributed by atoms with Crippen LogP contribution in [0.1, 0.15) is 53.4 Å². The van der Waals surface area contributed by atoms with Crippen molar-refractivity contribution < 1.29 is 5.11 Å². The monoisotopic (exact) mass is 172 g/mol. The minimum Gasteiger partial charge on any atom is -0.393 e. The highest BCUT2D eigenvalue weighted by atomic mass is 16.3. The van der Waals surface area contributed by atoms with Gasteiger partial charge in [-0.05, 0) is 24.7 Å². The van der Waals surface area contributed by atoms with Crippen molar-refractivity contribution in [3.05, 3.63) is 0 Å². The molecule has 0 amide bonds. The van der Waals surface area contributed by atoms with Crippen LogP contribution >= 0.6 is 0 Å². The van der Waals surface area contributed by atoms with Crippen LogP contribution in [-0.4, -0.2) is 11.2 Å². The van der Waals surface area contributed by atoms with E-state index in [2.05, 4.69) is 27.7 Å². The normalized spacial score (nSPS) is 16.5. The molecule has 1 nitrogen and oxygen atoms in total. The molecule has 12 heavy (non-hydrogen) atoms. The molecule has 0 aliphatic heterocycles. The Hall–Kier alpha value is -0.0400. The van der Waals surface area contributed by atoms with Gasteiger partial charge in [-0.1, -0.05) is 40.5 Å². The topological polar surface area (TPSA) is 20.2 Å². The summed E-state index contributed by atoms with van der Waals surface area (Å²) in [7, 11) is 0. The van der Waals surface area contributed by atoms with Crippen molar-refractivity contribution in [1.82, 2.24) is 0 Å². The molecule has 0 heterocycles. The molecule has 0 saturated heterocycles. The van der Waals surface area contributed by atoms with Gasteiger partial charge in [-0.25, -0.2) is 0 Å². The highest BCUT2D eigenvalue weighted by Crippen LogP contribution is 2.23. The molecule has 0 bridgehead atoms. The van der Waals surface area contributed by atoms with Gasteiger partial charge < -0.3 is 5.11 Å². The second kappa shape index (κ2) is 6.47. The van der Waals surface area contributed by atoms with E-state index < -0.39 is 0 Å². The van der Waals surface area contributed by atoms with Crippen LogP contribution in [-0.2, 0) is 0 Å². The molecule has 0 fully saturated rings. The van der Waals surface area contributed by atoms with Gasteiger partial charge in [0.05, 0.1) is 6.10 Å². The lowest BCUT2D eigenvalue weighted by Crippen LogP contribution is -2.24. The Labute approximate surface area is 77.2 Å². The van der Waals surface area contributed by atoms with E-state index in [1.807, 2.05) is 0 Å². The standard InChI is InChI=1S/C11H24O/c1-5-7-10(9(3)4)11(12)8-6-2/h9-12H,5-8H2,1-4H3/t10-,11+/m0/s1. The lowest BCUT2D eigenvalue weighted by molar-refractivity contribution is 0.0674. The number of aliphatic hydroxyl groups excluding tert-OH is 1. The van der Waals surface area contributed by atoms with Crippen LogP contribution in [0.3, 0.4) is 0 Å². The lowest BCUT2D eigenvalue weighted by Gasteiger charge is -2.25. The van der Waals surface area contributed by atoms with E-state index in [1.54, 1.807) is 0 Å². The summed E-state index contributed by atoms with van der Waals surface area (Å²) in [6.45, 7) is 8.74. The number of rotatable bonds is 6. The van der Waals surface area contributed by atoms with Crippen molar-refractivity contribution >= 4 is 0 Å². The second-order valence-electron chi connectivity index (χ2n) is 4.05. The van der Waals surface area contributed by atoms with Crippen molar-refractivity contribution in [2.24, 2.45) is 11.8 Å². The minimum atomic E-state index is -0.0741. The molecule has 1 heteroatoms. The predicted octanol–water partition coefficient (Wildman–Crippen LogP) is 3.22. The molecule has 2 atom stereocenters. The Balaban J connectivity index is 3.90. The molecular weight excluding hydrogens is 148 g/mol. The summed E-state index contributed by atoms with van der Waals surface area (Å²) in [6.07, 6.45) is 4.33. The molecule has 0 rings (SSSR count). The van der Waals surface area contributed by atoms with Gasteiger partial charge in [-0.2, -0.15) is 0 Å². The summed E-state index contributed by atoms with van der Waals surface area (Å²) < 4.78 is 0. The quantitative estimate of drug-likeness (QED) is 0.652. The van der Waals surface area contributed by atoms with E-state index in [1.165, 1.54) is 12.8 Å². The van der Waals surface area contributed by atoms with Crippen molar-refractivity contribution in [2.75, 3.05) is 0 Å². The molecule has 0 spiro atoms. The Morgan fingerprint density at radius 2 is 1.50 bits per heavy atom. The van der Waals surface area contributed by atoms with Crippen LogP contribution in [0.15, 0.2) is 0 Å². The summed E-state index contributed by atoms with van der Waals surface area (Å²) in [5, 5.41) is 9.81. The first kappa shape index (κ1) is 12.0. The van der Waals surface area contributed by atoms with Crippen molar-refractivity contribution in [1.29, 1.82) is 0 Å². The highest BCUT2D eigenvalue weighted by molar-refractivity contribution is 4.71. The minimum absolute atomic E-state index is 0.0741. The first-order valence-corrected chi connectivity index (χ1v) is 5.31. The SMILES string of the molecule is CCC[C@@H](O)[C@@H](CCC)C(C)C. The largest absolute Gasteiger partial charge is 0.393 e. The Bertz CT molecular complexity index is 99.2. The maximum absolute atomic E-state index is 9.81. The molecule has 0 saturated carbocycles. The van der Waals surface area contributed by atoms with Gasteiger partial charge >= 0.3 is 0 Å². The molecule has 1 N–H and O–H groups in total. The first-order chi connectivity index (χ1) is 5.63. The van der Waals surface area contributed by atoms with Gasteiger partial charge in [-0.15, -0.1) is 0 Å². The van der Waals surface area contributed by atoms with Crippen LogP contribution in [0.5, 0.6) is 0 Å². The van der Waals surface area contributed by atoms with Crippen molar-refractivity contribution in [2.45, 2.75) is 59.5 Å². The fourth-order valence-corrected chi connectivity index (χ4v) is 1.81. The van der Waals surface area contributed by atoms with Gasteiger partial charge in [0.15, 0.2) is 0 Å². The van der Waals surface area contributed by atoms with Crippen LogP contribution in [0, 0.1) is 11.8 Å². The molecular formula is C11H24O. The van der Waals surface area contributed by atoms with Gasteiger partial charge in [0, 0.05) is 0 Å². The summed E-state index contributed by atoms with van der Waals surface area (Å²) in [4.78, 5) is 0. The molecule has 0 aromatic carbocycles. The zero-order chi connectivity index (χ0) is 9.56. The van der Waals surface area contributed by atoms with E-state index in [4.69, 9.17) is 0 Å². The third-order valence-electron chi connectivity index (χ3n) is 2.56. The van der Waals surface area contributed by atoms with Crippen molar-refractivity contribution in [3.8, 4) is 0 Å². The first-order valence-electron chi connectivity index (χ1n) is 5.31. The summed E-state index contributed by atoms with van der Waals surface area (Å²) in [5.74, 6) is 1.13. The fraction of sp³-hybridized carbons (Fsp3) is 1.00. The van der Waals surface area contributed by atoms with Gasteiger partial charge in [0.25, 0.3) is 0 Å². The van der Waals surface area contributed by atoms with E-state index in [0.29, 0.717) is 11.8 Å². The maximum atomic E-state index is 9.81. The Morgan fingerprint density at radius 1 is 1.00 bits per heavy atom. The van der Waals surface area contributed by atoms with Crippen LogP contribution < -0.4 is 0 Å². The van der Waals surface area contributed by atoms with Gasteiger partial charge in [0.2, 0.25) is 0 Å². The molecule has 0 aliphatic rings. The van der Waals surface area contributed by atoms with E-state index in [-0.39, 0.29) is 6.10 Å². The highest BCUT2D eigenvalue weighted by Gasteiger charge is 2.20. The molecule has 0 aromatic rings. The summed E-state index contributed by atoms with van der Waals surface area (Å²) >= 11 is 0. The van der Waals surface area contributed by atoms with Crippen LogP contribution in [0.4, 0.5) is 0 Å². The van der Waals surface area contributed by atoms with Crippen molar-refractivity contribution in [3.63, 3.8) is 0 Å². The maximum Gasteiger partial charge on any atom is 0.0570 e. The van der Waals surface area contributed by atoms with Gasteiger partial charge in [0.1, 0.15) is 0 Å². The van der Waals surface area contributed by atoms with E-state index in [0.717, 1.165) is 12.8 Å². The Morgan fingerprint density at radius 3 is 1.83 bits per heavy atom. The smallest absolute Gasteiger partial charge is 0.0570 e. The average molecular weight is 172 g/mol. The lowest BCUT2D eigenvalue weighted by atomic mass is 9.85. The Kier molecular flexibility index (Phi) is 6.45. The number of hydrogen-bond acceptors (Lipinski definition) is 1. The van der Waals surface area contributed by atoms with Crippen LogP contribution in [0.2, 0.25) is 0 Å². The zero-order valence-electron chi connectivity index (χ0n) is 9.01.